The first-order chi connectivity index (χ1) is 13.5. The van der Waals surface area contributed by atoms with Crippen molar-refractivity contribution in [3.8, 4) is 0 Å². The maximum absolute atomic E-state index is 11.5. The van der Waals surface area contributed by atoms with Crippen LogP contribution in [0.5, 0.6) is 0 Å². The summed E-state index contributed by atoms with van der Waals surface area (Å²) in [6.07, 6.45) is -0.639. The highest BCUT2D eigenvalue weighted by atomic mass is 32.2. The van der Waals surface area contributed by atoms with Gasteiger partial charge in [-0.1, -0.05) is 18.2 Å². The number of hydrogen-bond donors (Lipinski definition) is 3. The fourth-order valence-corrected chi connectivity index (χ4v) is 5.40. The lowest BCUT2D eigenvalue weighted by Crippen LogP contribution is -2.46. The molecule has 9 heteroatoms. The second kappa shape index (κ2) is 9.69. The lowest BCUT2D eigenvalue weighted by molar-refractivity contribution is 0.191. The predicted molar refractivity (Wildman–Crippen MR) is 116 cm³/mol. The maximum atomic E-state index is 11.5. The van der Waals surface area contributed by atoms with Gasteiger partial charge in [-0.25, -0.2) is 8.42 Å². The summed E-state index contributed by atoms with van der Waals surface area (Å²) in [5.41, 5.74) is 0. The highest BCUT2D eigenvalue weighted by Gasteiger charge is 2.21. The molecule has 154 valence electrons. The molecule has 1 atom stereocenters. The number of benzene rings is 1. The molecule has 0 saturated carbocycles. The molecule has 1 fully saturated rings. The lowest BCUT2D eigenvalue weighted by Gasteiger charge is -2.26. The summed E-state index contributed by atoms with van der Waals surface area (Å²) in [4.78, 5) is 7.56. The second-order valence-electron chi connectivity index (χ2n) is 6.84. The van der Waals surface area contributed by atoms with E-state index in [1.807, 2.05) is 31.2 Å². The van der Waals surface area contributed by atoms with E-state index in [0.717, 1.165) is 28.1 Å². The van der Waals surface area contributed by atoms with Gasteiger partial charge in [0, 0.05) is 42.3 Å². The number of sulfone groups is 1. The van der Waals surface area contributed by atoms with Crippen LogP contribution in [0.3, 0.4) is 0 Å². The van der Waals surface area contributed by atoms with Crippen molar-refractivity contribution in [1.82, 2.24) is 15.5 Å². The Balaban J connectivity index is 1.50. The van der Waals surface area contributed by atoms with Crippen molar-refractivity contribution in [1.29, 1.82) is 0 Å². The van der Waals surface area contributed by atoms with Crippen molar-refractivity contribution < 1.29 is 13.5 Å². The molecular weight excluding hydrogens is 396 g/mol. The smallest absolute Gasteiger partial charge is 0.191 e. The third-order valence-electron chi connectivity index (χ3n) is 4.70. The van der Waals surface area contributed by atoms with Gasteiger partial charge in [-0.2, -0.15) is 0 Å². The number of aliphatic hydroxyl groups excluding tert-OH is 1. The quantitative estimate of drug-likeness (QED) is 0.457. The van der Waals surface area contributed by atoms with E-state index < -0.39 is 15.9 Å². The molecule has 1 unspecified atom stereocenters. The normalized spacial score (nSPS) is 18.9. The zero-order chi connectivity index (χ0) is 20.0. The Kier molecular flexibility index (Phi) is 7.28. The first-order valence-electron chi connectivity index (χ1n) is 9.58. The Morgan fingerprint density at radius 1 is 1.29 bits per heavy atom. The number of fused-ring (bicyclic) bond motifs is 1. The molecule has 0 amide bonds. The fourth-order valence-electron chi connectivity index (χ4n) is 3.08. The second-order valence-corrected chi connectivity index (χ2v) is 10.3. The molecule has 0 aliphatic carbocycles. The van der Waals surface area contributed by atoms with Gasteiger partial charge < -0.3 is 15.7 Å². The van der Waals surface area contributed by atoms with Crippen LogP contribution in [0.15, 0.2) is 35.3 Å². The maximum Gasteiger partial charge on any atom is 0.191 e. The number of hydrogen-bond acceptors (Lipinski definition) is 6. The molecule has 0 spiro atoms. The number of aliphatic hydroxyl groups is 1. The molecule has 28 heavy (non-hydrogen) atoms. The molecule has 3 N–H and O–H groups in total. The first-order valence-corrected chi connectivity index (χ1v) is 12.2. The first kappa shape index (κ1) is 21.0. The third-order valence-corrected chi connectivity index (χ3v) is 7.52. The van der Waals surface area contributed by atoms with Crippen LogP contribution in [0.25, 0.3) is 10.1 Å². The summed E-state index contributed by atoms with van der Waals surface area (Å²) in [5, 5.41) is 18.1. The van der Waals surface area contributed by atoms with Gasteiger partial charge in [-0.15, -0.1) is 11.3 Å². The minimum atomic E-state index is -2.84. The van der Waals surface area contributed by atoms with Crippen LogP contribution in [0.1, 0.15) is 17.9 Å². The van der Waals surface area contributed by atoms with E-state index in [1.54, 1.807) is 11.3 Å². The number of guanidine groups is 1. The summed E-state index contributed by atoms with van der Waals surface area (Å²) in [6.45, 7) is 5.61. The van der Waals surface area contributed by atoms with E-state index >= 15 is 0 Å². The zero-order valence-corrected chi connectivity index (χ0v) is 17.7. The van der Waals surface area contributed by atoms with Crippen LogP contribution in [0, 0.1) is 0 Å². The zero-order valence-electron chi connectivity index (χ0n) is 16.1. The third kappa shape index (κ3) is 5.91. The van der Waals surface area contributed by atoms with Gasteiger partial charge in [0.1, 0.15) is 6.10 Å². The summed E-state index contributed by atoms with van der Waals surface area (Å²) < 4.78 is 24.1. The van der Waals surface area contributed by atoms with E-state index in [9.17, 15) is 13.5 Å². The van der Waals surface area contributed by atoms with Crippen molar-refractivity contribution in [2.75, 3.05) is 50.8 Å². The van der Waals surface area contributed by atoms with Crippen LogP contribution in [0.2, 0.25) is 0 Å². The topological polar surface area (TPSA) is 94.0 Å². The standard InChI is InChI=1S/C19H28N4O3S2/c1-2-20-19(21-7-8-23-9-11-28(25,26)12-10-23)22-14-16(24)18-13-15-5-3-4-6-17(15)27-18/h3-6,13,16,24H,2,7-12,14H2,1H3,(H2,20,21,22). The van der Waals surface area contributed by atoms with Gasteiger partial charge in [0.15, 0.2) is 15.8 Å². The largest absolute Gasteiger partial charge is 0.386 e. The molecule has 1 aliphatic heterocycles. The SMILES string of the molecule is CCNC(=NCC(O)c1cc2ccccc2s1)NCCN1CCS(=O)(=O)CC1. The van der Waals surface area contributed by atoms with E-state index in [1.165, 1.54) is 0 Å². The molecule has 1 aromatic heterocycles. The van der Waals surface area contributed by atoms with Crippen molar-refractivity contribution in [3.63, 3.8) is 0 Å². The molecule has 1 aromatic carbocycles. The Hall–Kier alpha value is -1.68. The minimum absolute atomic E-state index is 0.239. The van der Waals surface area contributed by atoms with Gasteiger partial charge in [0.2, 0.25) is 0 Å². The summed E-state index contributed by atoms with van der Waals surface area (Å²) in [6, 6.07) is 10.1. The highest BCUT2D eigenvalue weighted by Crippen LogP contribution is 2.29. The van der Waals surface area contributed by atoms with Gasteiger partial charge in [0.25, 0.3) is 0 Å². The number of nitrogens with zero attached hydrogens (tertiary/aromatic N) is 2. The van der Waals surface area contributed by atoms with Crippen LogP contribution in [-0.4, -0.2) is 75.2 Å². The summed E-state index contributed by atoms with van der Waals surface area (Å²) >= 11 is 1.59. The van der Waals surface area contributed by atoms with Crippen molar-refractivity contribution in [2.45, 2.75) is 13.0 Å². The van der Waals surface area contributed by atoms with Gasteiger partial charge in [-0.05, 0) is 24.4 Å². The average molecular weight is 425 g/mol. The van der Waals surface area contributed by atoms with Gasteiger partial charge in [-0.3, -0.25) is 9.89 Å². The van der Waals surface area contributed by atoms with Crippen LogP contribution < -0.4 is 10.6 Å². The molecule has 1 saturated heterocycles. The van der Waals surface area contributed by atoms with E-state index in [2.05, 4.69) is 26.6 Å². The lowest BCUT2D eigenvalue weighted by atomic mass is 10.2. The van der Waals surface area contributed by atoms with Crippen molar-refractivity contribution >= 4 is 37.2 Å². The molecular formula is C19H28N4O3S2. The Bertz CT molecular complexity index is 864. The highest BCUT2D eigenvalue weighted by molar-refractivity contribution is 7.91. The Morgan fingerprint density at radius 3 is 2.75 bits per heavy atom. The van der Waals surface area contributed by atoms with Crippen molar-refractivity contribution in [3.05, 3.63) is 35.2 Å². The van der Waals surface area contributed by atoms with Gasteiger partial charge in [0.05, 0.1) is 18.1 Å². The number of rotatable bonds is 7. The van der Waals surface area contributed by atoms with Crippen LogP contribution in [-0.2, 0) is 9.84 Å². The minimum Gasteiger partial charge on any atom is -0.386 e. The summed E-state index contributed by atoms with van der Waals surface area (Å²) in [7, 11) is -2.84. The van der Waals surface area contributed by atoms with E-state index in [4.69, 9.17) is 0 Å². The molecule has 2 aromatic rings. The molecule has 1 aliphatic rings. The molecule has 0 radical (unpaired) electrons. The van der Waals surface area contributed by atoms with Crippen molar-refractivity contribution in [2.24, 2.45) is 4.99 Å². The number of aliphatic imine (C=N–C) groups is 1. The monoisotopic (exact) mass is 424 g/mol. The molecule has 2 heterocycles. The Labute approximate surface area is 170 Å². The van der Waals surface area contributed by atoms with Crippen LogP contribution in [0.4, 0.5) is 0 Å². The predicted octanol–water partition coefficient (Wildman–Crippen LogP) is 1.22. The van der Waals surface area contributed by atoms with Crippen LogP contribution >= 0.6 is 11.3 Å². The van der Waals surface area contributed by atoms with E-state index in [0.29, 0.717) is 25.6 Å². The molecule has 0 bridgehead atoms. The summed E-state index contributed by atoms with van der Waals surface area (Å²) in [5.74, 6) is 1.14. The molecule has 7 nitrogen and oxygen atoms in total. The number of nitrogens with one attached hydrogen (secondary N) is 2. The average Bonchev–Trinajstić information content (AvgIpc) is 3.11. The Morgan fingerprint density at radius 2 is 2.04 bits per heavy atom. The molecule has 3 rings (SSSR count). The van der Waals surface area contributed by atoms with E-state index in [-0.39, 0.29) is 18.1 Å². The fraction of sp³-hybridized carbons (Fsp3) is 0.526. The number of thiophene rings is 1. The van der Waals surface area contributed by atoms with Gasteiger partial charge >= 0.3 is 0 Å².